The lowest BCUT2D eigenvalue weighted by Crippen LogP contribution is -2.25. The number of pyridine rings is 1. The number of carbonyl (C=O) groups excluding carboxylic acids is 1. The standard InChI is InChI=1S/C21H18F5N5O3.ClH/c22-13-2-1-3-14(23)17(13)18-12(21(24,25)26)4-5-15(30-18)19(33)31-16-7-28-10-29-20(16)34-9-11(6-27)8-32;/h1-5,7,10-11,32H,6,8-9,27H2,(H,31,33);1H. The van der Waals surface area contributed by atoms with Crippen molar-refractivity contribution < 1.29 is 36.6 Å². The maximum atomic E-state index is 14.2. The number of aliphatic hydroxyl groups is 1. The van der Waals surface area contributed by atoms with Crippen LogP contribution in [0.1, 0.15) is 16.1 Å². The molecule has 0 spiro atoms. The summed E-state index contributed by atoms with van der Waals surface area (Å²) in [4.78, 5) is 23.9. The van der Waals surface area contributed by atoms with Gasteiger partial charge in [-0.25, -0.2) is 18.7 Å². The number of hydrogen-bond donors (Lipinski definition) is 3. The third-order valence-corrected chi connectivity index (χ3v) is 4.60. The van der Waals surface area contributed by atoms with Gasteiger partial charge in [0.15, 0.2) is 0 Å². The predicted octanol–water partition coefficient (Wildman–Crippen LogP) is 3.46. The van der Waals surface area contributed by atoms with E-state index in [-0.39, 0.29) is 43.7 Å². The lowest BCUT2D eigenvalue weighted by molar-refractivity contribution is -0.137. The minimum Gasteiger partial charge on any atom is -0.476 e. The number of aromatic nitrogens is 3. The molecular formula is C21H19ClF5N5O3. The van der Waals surface area contributed by atoms with E-state index in [2.05, 4.69) is 20.3 Å². The Hall–Kier alpha value is -3.42. The molecule has 0 aliphatic heterocycles. The summed E-state index contributed by atoms with van der Waals surface area (Å²) in [6.07, 6.45) is -2.71. The van der Waals surface area contributed by atoms with Crippen molar-refractivity contribution in [2.75, 3.05) is 25.1 Å². The summed E-state index contributed by atoms with van der Waals surface area (Å²) in [6.45, 7) is -0.176. The second kappa shape index (κ2) is 11.8. The summed E-state index contributed by atoms with van der Waals surface area (Å²) in [6, 6.07) is 3.81. The zero-order chi connectivity index (χ0) is 24.9. The van der Waals surface area contributed by atoms with Crippen LogP contribution in [0, 0.1) is 17.6 Å². The number of anilines is 1. The van der Waals surface area contributed by atoms with Crippen molar-refractivity contribution in [3.63, 3.8) is 0 Å². The molecule has 14 heteroatoms. The molecule has 4 N–H and O–H groups in total. The number of nitrogens with one attached hydrogen (secondary N) is 1. The molecule has 0 saturated heterocycles. The zero-order valence-corrected chi connectivity index (χ0v) is 18.5. The average Bonchev–Trinajstić information content (AvgIpc) is 2.80. The molecular weight excluding hydrogens is 501 g/mol. The second-order valence-corrected chi connectivity index (χ2v) is 6.98. The summed E-state index contributed by atoms with van der Waals surface area (Å²) < 4.78 is 74.4. The molecule has 35 heavy (non-hydrogen) atoms. The van der Waals surface area contributed by atoms with Crippen molar-refractivity contribution in [3.05, 3.63) is 65.7 Å². The fourth-order valence-electron chi connectivity index (χ4n) is 2.83. The van der Waals surface area contributed by atoms with E-state index in [1.165, 1.54) is 0 Å². The van der Waals surface area contributed by atoms with E-state index >= 15 is 0 Å². The van der Waals surface area contributed by atoms with Gasteiger partial charge in [-0.1, -0.05) is 6.07 Å². The number of hydrogen-bond acceptors (Lipinski definition) is 7. The van der Waals surface area contributed by atoms with Crippen molar-refractivity contribution in [2.24, 2.45) is 11.7 Å². The van der Waals surface area contributed by atoms with Crippen LogP contribution < -0.4 is 15.8 Å². The van der Waals surface area contributed by atoms with Gasteiger partial charge in [-0.3, -0.25) is 4.79 Å². The largest absolute Gasteiger partial charge is 0.476 e. The van der Waals surface area contributed by atoms with E-state index in [1.807, 2.05) is 0 Å². The molecule has 0 fully saturated rings. The van der Waals surface area contributed by atoms with Gasteiger partial charge in [0.1, 0.15) is 29.3 Å². The highest BCUT2D eigenvalue weighted by atomic mass is 35.5. The zero-order valence-electron chi connectivity index (χ0n) is 17.7. The first-order valence-corrected chi connectivity index (χ1v) is 9.73. The maximum Gasteiger partial charge on any atom is 0.418 e. The summed E-state index contributed by atoms with van der Waals surface area (Å²) in [5.74, 6) is -4.07. The number of ether oxygens (including phenoxy) is 1. The Morgan fingerprint density at radius 1 is 1.17 bits per heavy atom. The first-order valence-electron chi connectivity index (χ1n) is 9.73. The van der Waals surface area contributed by atoms with Crippen LogP contribution in [0.4, 0.5) is 27.6 Å². The van der Waals surface area contributed by atoms with Crippen molar-refractivity contribution in [2.45, 2.75) is 6.18 Å². The van der Waals surface area contributed by atoms with Crippen LogP contribution in [-0.4, -0.2) is 45.7 Å². The molecule has 3 rings (SSSR count). The molecule has 1 aromatic carbocycles. The van der Waals surface area contributed by atoms with E-state index in [4.69, 9.17) is 10.5 Å². The number of aliphatic hydroxyl groups excluding tert-OH is 1. The van der Waals surface area contributed by atoms with Crippen molar-refractivity contribution in [3.8, 4) is 17.1 Å². The Bertz CT molecular complexity index is 1160. The Balaban J connectivity index is 0.00000432. The molecule has 0 bridgehead atoms. The Morgan fingerprint density at radius 2 is 1.86 bits per heavy atom. The lowest BCUT2D eigenvalue weighted by atomic mass is 10.0. The average molecular weight is 520 g/mol. The first-order chi connectivity index (χ1) is 16.2. The SMILES string of the molecule is Cl.NCC(CO)COc1ncncc1NC(=O)c1ccc(C(F)(F)F)c(-c2c(F)cccc2F)n1. The van der Waals surface area contributed by atoms with Crippen LogP contribution in [-0.2, 0) is 6.18 Å². The molecule has 1 amide bonds. The van der Waals surface area contributed by atoms with Gasteiger partial charge in [0.25, 0.3) is 5.91 Å². The molecule has 0 aliphatic carbocycles. The molecule has 188 valence electrons. The summed E-state index contributed by atoms with van der Waals surface area (Å²) in [5.41, 5.74) is 1.35. The van der Waals surface area contributed by atoms with Crippen LogP contribution in [0.2, 0.25) is 0 Å². The number of carbonyl (C=O) groups is 1. The minimum atomic E-state index is -4.99. The molecule has 0 aliphatic rings. The van der Waals surface area contributed by atoms with Crippen molar-refractivity contribution in [1.29, 1.82) is 0 Å². The van der Waals surface area contributed by atoms with Crippen LogP contribution in [0.15, 0.2) is 42.9 Å². The van der Waals surface area contributed by atoms with E-state index in [9.17, 15) is 31.9 Å². The van der Waals surface area contributed by atoms with E-state index in [0.717, 1.165) is 36.8 Å². The number of halogens is 6. The van der Waals surface area contributed by atoms with Gasteiger partial charge in [0.2, 0.25) is 5.88 Å². The first kappa shape index (κ1) is 27.8. The molecule has 2 aromatic heterocycles. The van der Waals surface area contributed by atoms with Gasteiger partial charge < -0.3 is 20.9 Å². The predicted molar refractivity (Wildman–Crippen MR) is 117 cm³/mol. The number of benzene rings is 1. The Kier molecular flexibility index (Phi) is 9.40. The highest BCUT2D eigenvalue weighted by Crippen LogP contribution is 2.38. The Labute approximate surface area is 201 Å². The van der Waals surface area contributed by atoms with E-state index < -0.39 is 52.2 Å². The number of nitrogens with zero attached hydrogens (tertiary/aromatic N) is 3. The van der Waals surface area contributed by atoms with Gasteiger partial charge in [-0.05, 0) is 24.3 Å². The summed E-state index contributed by atoms with van der Waals surface area (Å²) in [7, 11) is 0. The van der Waals surface area contributed by atoms with Crippen LogP contribution in [0.3, 0.4) is 0 Å². The fourth-order valence-corrected chi connectivity index (χ4v) is 2.83. The van der Waals surface area contributed by atoms with Gasteiger partial charge in [-0.15, -0.1) is 12.4 Å². The molecule has 2 heterocycles. The number of rotatable bonds is 8. The molecule has 0 saturated carbocycles. The van der Waals surface area contributed by atoms with Crippen molar-refractivity contribution in [1.82, 2.24) is 15.0 Å². The Morgan fingerprint density at radius 3 is 2.46 bits per heavy atom. The molecule has 8 nitrogen and oxygen atoms in total. The summed E-state index contributed by atoms with van der Waals surface area (Å²) >= 11 is 0. The highest BCUT2D eigenvalue weighted by Gasteiger charge is 2.36. The number of alkyl halides is 3. The smallest absolute Gasteiger partial charge is 0.418 e. The fraction of sp³-hybridized carbons (Fsp3) is 0.238. The molecule has 3 aromatic rings. The molecule has 1 unspecified atom stereocenters. The molecule has 0 radical (unpaired) electrons. The van der Waals surface area contributed by atoms with E-state index in [1.54, 1.807) is 0 Å². The van der Waals surface area contributed by atoms with Gasteiger partial charge in [-0.2, -0.15) is 18.2 Å². The monoisotopic (exact) mass is 519 g/mol. The van der Waals surface area contributed by atoms with Crippen LogP contribution >= 0.6 is 12.4 Å². The van der Waals surface area contributed by atoms with E-state index in [0.29, 0.717) is 6.07 Å². The van der Waals surface area contributed by atoms with Crippen LogP contribution in [0.25, 0.3) is 11.3 Å². The number of amides is 1. The van der Waals surface area contributed by atoms with Gasteiger partial charge in [0, 0.05) is 12.5 Å². The number of nitrogens with two attached hydrogens (primary N) is 1. The third-order valence-electron chi connectivity index (χ3n) is 4.60. The van der Waals surface area contributed by atoms with Gasteiger partial charge >= 0.3 is 6.18 Å². The lowest BCUT2D eigenvalue weighted by Gasteiger charge is -2.16. The van der Waals surface area contributed by atoms with Crippen LogP contribution in [0.5, 0.6) is 5.88 Å². The highest BCUT2D eigenvalue weighted by molar-refractivity contribution is 6.03. The minimum absolute atomic E-state index is 0. The topological polar surface area (TPSA) is 123 Å². The third kappa shape index (κ3) is 6.59. The van der Waals surface area contributed by atoms with Crippen molar-refractivity contribution >= 4 is 24.0 Å². The maximum absolute atomic E-state index is 14.2. The normalized spacial score (nSPS) is 12.0. The summed E-state index contributed by atoms with van der Waals surface area (Å²) in [5, 5.41) is 11.5. The molecule has 1 atom stereocenters. The van der Waals surface area contributed by atoms with Gasteiger partial charge in [0.05, 0.1) is 36.2 Å². The second-order valence-electron chi connectivity index (χ2n) is 6.98. The quantitative estimate of drug-likeness (QED) is 0.389.